The second kappa shape index (κ2) is 9.04. The molecule has 1 aromatic carbocycles. The Morgan fingerprint density at radius 2 is 1.93 bits per heavy atom. The van der Waals surface area contributed by atoms with Crippen LogP contribution in [0, 0.1) is 5.92 Å². The summed E-state index contributed by atoms with van der Waals surface area (Å²) >= 11 is 0. The van der Waals surface area contributed by atoms with Gasteiger partial charge in [-0.2, -0.15) is 0 Å². The van der Waals surface area contributed by atoms with Crippen LogP contribution in [-0.2, 0) is 9.53 Å². The Bertz CT molecular complexity index is 810. The summed E-state index contributed by atoms with van der Waals surface area (Å²) in [6.07, 6.45) is 4.23. The Hall–Kier alpha value is -2.61. The summed E-state index contributed by atoms with van der Waals surface area (Å²) in [4.78, 5) is 43.3. The maximum absolute atomic E-state index is 12.8. The number of carbonyl (C=O) groups excluding carboxylic acids is 3. The van der Waals surface area contributed by atoms with Crippen molar-refractivity contribution in [2.24, 2.45) is 5.92 Å². The van der Waals surface area contributed by atoms with Gasteiger partial charge in [-0.1, -0.05) is 6.07 Å². The number of hydrogen-bond acceptors (Lipinski definition) is 5. The fraction of sp³-hybridized carbons (Fsp3) is 0.591. The first-order valence-electron chi connectivity index (χ1n) is 10.8. The summed E-state index contributed by atoms with van der Waals surface area (Å²) in [6, 6.07) is 6.50. The van der Waals surface area contributed by atoms with Crippen LogP contribution in [0.4, 0.5) is 10.5 Å². The highest BCUT2D eigenvalue weighted by atomic mass is 16.5. The van der Waals surface area contributed by atoms with E-state index in [4.69, 9.17) is 4.74 Å². The number of nitrogens with zero attached hydrogens (tertiary/aromatic N) is 3. The van der Waals surface area contributed by atoms with Crippen molar-refractivity contribution in [3.63, 3.8) is 0 Å². The van der Waals surface area contributed by atoms with E-state index in [0.717, 1.165) is 32.5 Å². The van der Waals surface area contributed by atoms with Crippen molar-refractivity contribution >= 4 is 23.6 Å². The van der Waals surface area contributed by atoms with Gasteiger partial charge in [0.25, 0.3) is 0 Å². The van der Waals surface area contributed by atoms with Crippen molar-refractivity contribution in [1.82, 2.24) is 14.7 Å². The van der Waals surface area contributed by atoms with Gasteiger partial charge in [0.1, 0.15) is 0 Å². The summed E-state index contributed by atoms with van der Waals surface area (Å²) in [6.45, 7) is 4.53. The molecule has 2 saturated heterocycles. The maximum atomic E-state index is 12.8. The van der Waals surface area contributed by atoms with Gasteiger partial charge in [0, 0.05) is 45.0 Å². The van der Waals surface area contributed by atoms with Gasteiger partial charge in [-0.15, -0.1) is 0 Å². The lowest BCUT2D eigenvalue weighted by Gasteiger charge is -2.26. The van der Waals surface area contributed by atoms with Gasteiger partial charge >= 0.3 is 12.0 Å². The molecular weight excluding hydrogens is 384 g/mol. The molecule has 2 heterocycles. The lowest BCUT2D eigenvalue weighted by atomic mass is 10.2. The Morgan fingerprint density at radius 3 is 2.70 bits per heavy atom. The molecule has 3 fully saturated rings. The molecule has 8 heteroatoms. The number of urea groups is 1. The first kappa shape index (κ1) is 20.7. The van der Waals surface area contributed by atoms with Gasteiger partial charge in [0.05, 0.1) is 18.7 Å². The van der Waals surface area contributed by atoms with Crippen LogP contribution in [0.1, 0.15) is 36.0 Å². The molecule has 1 aromatic rings. The van der Waals surface area contributed by atoms with E-state index in [9.17, 15) is 14.4 Å². The maximum Gasteiger partial charge on any atom is 0.337 e. The highest BCUT2D eigenvalue weighted by Gasteiger charge is 2.38. The third-order valence-corrected chi connectivity index (χ3v) is 6.24. The van der Waals surface area contributed by atoms with E-state index in [1.54, 1.807) is 29.2 Å². The monoisotopic (exact) mass is 414 g/mol. The van der Waals surface area contributed by atoms with E-state index in [1.165, 1.54) is 20.0 Å². The molecule has 1 unspecified atom stereocenters. The minimum absolute atomic E-state index is 0.0384. The molecule has 0 spiro atoms. The van der Waals surface area contributed by atoms with Crippen LogP contribution in [-0.4, -0.2) is 85.0 Å². The second-order valence-corrected chi connectivity index (χ2v) is 8.41. The lowest BCUT2D eigenvalue weighted by molar-refractivity contribution is -0.132. The Kier molecular flexibility index (Phi) is 6.22. The van der Waals surface area contributed by atoms with Crippen LogP contribution in [0.15, 0.2) is 24.3 Å². The molecule has 0 aromatic heterocycles. The smallest absolute Gasteiger partial charge is 0.337 e. The van der Waals surface area contributed by atoms with Crippen molar-refractivity contribution in [3.8, 4) is 0 Å². The highest BCUT2D eigenvalue weighted by molar-refractivity contribution is 5.94. The van der Waals surface area contributed by atoms with Gasteiger partial charge < -0.3 is 19.9 Å². The number of esters is 1. The van der Waals surface area contributed by atoms with E-state index in [2.05, 4.69) is 10.2 Å². The predicted octanol–water partition coefficient (Wildman–Crippen LogP) is 2.02. The van der Waals surface area contributed by atoms with Crippen molar-refractivity contribution in [2.45, 2.75) is 31.7 Å². The number of ether oxygens (including phenoxy) is 1. The van der Waals surface area contributed by atoms with Gasteiger partial charge in [-0.05, 0) is 49.8 Å². The fourth-order valence-electron chi connectivity index (χ4n) is 4.35. The molecule has 0 bridgehead atoms. The molecule has 1 atom stereocenters. The van der Waals surface area contributed by atoms with E-state index >= 15 is 0 Å². The van der Waals surface area contributed by atoms with Gasteiger partial charge in [-0.25, -0.2) is 9.59 Å². The average Bonchev–Trinajstić information content (AvgIpc) is 3.54. The summed E-state index contributed by atoms with van der Waals surface area (Å²) in [5, 5.41) is 2.87. The van der Waals surface area contributed by atoms with Crippen LogP contribution < -0.4 is 5.32 Å². The molecule has 162 valence electrons. The Morgan fingerprint density at radius 1 is 1.10 bits per heavy atom. The normalized spacial score (nSPS) is 22.7. The molecule has 0 radical (unpaired) electrons. The van der Waals surface area contributed by atoms with E-state index in [-0.39, 0.29) is 18.0 Å². The van der Waals surface area contributed by atoms with Crippen molar-refractivity contribution in [1.29, 1.82) is 0 Å². The Labute approximate surface area is 177 Å². The second-order valence-electron chi connectivity index (χ2n) is 8.41. The number of rotatable bonds is 5. The molecule has 4 rings (SSSR count). The SMILES string of the molecule is COC(=O)c1cccc(NC(=O)N2CCCN(C3CCN(CC4CC4)C3=O)CC2)c1. The van der Waals surface area contributed by atoms with E-state index in [0.29, 0.717) is 36.8 Å². The number of nitrogens with one attached hydrogen (secondary N) is 1. The molecule has 8 nitrogen and oxygen atoms in total. The third-order valence-electron chi connectivity index (χ3n) is 6.24. The summed E-state index contributed by atoms with van der Waals surface area (Å²) in [5.74, 6) is 0.543. The number of likely N-dealkylation sites (tertiary alicyclic amines) is 1. The molecule has 2 aliphatic heterocycles. The number of amides is 3. The zero-order chi connectivity index (χ0) is 21.1. The van der Waals surface area contributed by atoms with Crippen LogP contribution in [0.3, 0.4) is 0 Å². The van der Waals surface area contributed by atoms with Crippen molar-refractivity contribution in [2.75, 3.05) is 51.7 Å². The largest absolute Gasteiger partial charge is 0.465 e. The standard InChI is InChI=1S/C22H30N4O4/c1-30-21(28)17-4-2-5-18(14-17)23-22(29)25-10-3-9-24(12-13-25)19-8-11-26(20(19)27)15-16-6-7-16/h2,4-5,14,16,19H,3,6-13,15H2,1H3,(H,23,29). The number of carbonyl (C=O) groups is 3. The van der Waals surface area contributed by atoms with Crippen LogP contribution in [0.2, 0.25) is 0 Å². The quantitative estimate of drug-likeness (QED) is 0.746. The summed E-state index contributed by atoms with van der Waals surface area (Å²) < 4.78 is 4.73. The van der Waals surface area contributed by atoms with Crippen LogP contribution >= 0.6 is 0 Å². The van der Waals surface area contributed by atoms with Gasteiger partial charge in [0.2, 0.25) is 5.91 Å². The molecule has 30 heavy (non-hydrogen) atoms. The molecular formula is C22H30N4O4. The van der Waals surface area contributed by atoms with Gasteiger partial charge in [-0.3, -0.25) is 9.69 Å². The van der Waals surface area contributed by atoms with E-state index in [1.807, 2.05) is 4.90 Å². The van der Waals surface area contributed by atoms with Crippen molar-refractivity contribution < 1.29 is 19.1 Å². The van der Waals surface area contributed by atoms with Crippen LogP contribution in [0.25, 0.3) is 0 Å². The first-order chi connectivity index (χ1) is 14.5. The number of anilines is 1. The molecule has 1 aliphatic carbocycles. The number of benzene rings is 1. The number of methoxy groups -OCH3 is 1. The van der Waals surface area contributed by atoms with E-state index < -0.39 is 5.97 Å². The molecule has 1 saturated carbocycles. The Balaban J connectivity index is 1.31. The summed E-state index contributed by atoms with van der Waals surface area (Å²) in [5.41, 5.74) is 0.957. The predicted molar refractivity (Wildman–Crippen MR) is 112 cm³/mol. The third kappa shape index (κ3) is 4.75. The molecule has 3 aliphatic rings. The minimum Gasteiger partial charge on any atom is -0.465 e. The first-order valence-corrected chi connectivity index (χ1v) is 10.8. The topological polar surface area (TPSA) is 82.2 Å². The molecule has 3 amide bonds. The minimum atomic E-state index is -0.437. The average molecular weight is 415 g/mol. The van der Waals surface area contributed by atoms with Crippen LogP contribution in [0.5, 0.6) is 0 Å². The lowest BCUT2D eigenvalue weighted by Crippen LogP contribution is -2.44. The fourth-order valence-corrected chi connectivity index (χ4v) is 4.35. The summed E-state index contributed by atoms with van der Waals surface area (Å²) in [7, 11) is 1.33. The zero-order valence-electron chi connectivity index (χ0n) is 17.5. The van der Waals surface area contributed by atoms with Crippen molar-refractivity contribution in [3.05, 3.63) is 29.8 Å². The highest BCUT2D eigenvalue weighted by Crippen LogP contribution is 2.31. The zero-order valence-corrected chi connectivity index (χ0v) is 17.5. The molecule has 1 N–H and O–H groups in total. The number of hydrogen-bond donors (Lipinski definition) is 1. The van der Waals surface area contributed by atoms with Gasteiger partial charge in [0.15, 0.2) is 0 Å².